The topological polar surface area (TPSA) is 55.1 Å². The molecule has 1 rings (SSSR count). The van der Waals surface area contributed by atoms with Crippen molar-refractivity contribution in [3.8, 4) is 0 Å². The Bertz CT molecular complexity index is 340. The number of rotatable bonds is 2. The highest BCUT2D eigenvalue weighted by atomic mass is 16.4. The van der Waals surface area contributed by atoms with Crippen molar-refractivity contribution in [2.24, 2.45) is 0 Å². The van der Waals surface area contributed by atoms with Gasteiger partial charge < -0.3 is 5.11 Å². The van der Waals surface area contributed by atoms with E-state index in [-0.39, 0.29) is 6.04 Å². The van der Waals surface area contributed by atoms with Crippen LogP contribution in [0.4, 0.5) is 0 Å². The fourth-order valence-electron chi connectivity index (χ4n) is 1.26. The molecule has 72 valence electrons. The second-order valence-electron chi connectivity index (χ2n) is 3.40. The third kappa shape index (κ3) is 1.56. The molecule has 4 heteroatoms. The minimum Gasteiger partial charge on any atom is -0.477 e. The predicted molar refractivity (Wildman–Crippen MR) is 49.0 cm³/mol. The number of carboxylic acid groups (broad SMARTS) is 1. The Hall–Kier alpha value is -1.32. The molecule has 4 nitrogen and oxygen atoms in total. The van der Waals surface area contributed by atoms with Crippen LogP contribution in [-0.4, -0.2) is 20.9 Å². The Kier molecular flexibility index (Phi) is 2.40. The predicted octanol–water partition coefficient (Wildman–Crippen LogP) is 1.78. The van der Waals surface area contributed by atoms with Crippen LogP contribution in [0.1, 0.15) is 41.6 Å². The Balaban J connectivity index is 3.35. The van der Waals surface area contributed by atoms with Gasteiger partial charge in [-0.05, 0) is 27.7 Å². The summed E-state index contributed by atoms with van der Waals surface area (Å²) < 4.78 is 1.55. The van der Waals surface area contributed by atoms with Crippen molar-refractivity contribution in [1.29, 1.82) is 0 Å². The maximum absolute atomic E-state index is 10.9. The van der Waals surface area contributed by atoms with E-state index in [2.05, 4.69) is 5.10 Å². The van der Waals surface area contributed by atoms with Gasteiger partial charge in [0.15, 0.2) is 0 Å². The van der Waals surface area contributed by atoms with E-state index in [1.54, 1.807) is 11.6 Å². The van der Waals surface area contributed by atoms with Crippen molar-refractivity contribution in [1.82, 2.24) is 9.78 Å². The van der Waals surface area contributed by atoms with Gasteiger partial charge in [-0.15, -0.1) is 0 Å². The summed E-state index contributed by atoms with van der Waals surface area (Å²) in [5.41, 5.74) is 1.83. The number of nitrogens with zero attached hydrogens (tertiary/aromatic N) is 2. The van der Waals surface area contributed by atoms with E-state index in [4.69, 9.17) is 5.11 Å². The van der Waals surface area contributed by atoms with Crippen molar-refractivity contribution in [2.45, 2.75) is 33.7 Å². The highest BCUT2D eigenvalue weighted by Gasteiger charge is 2.19. The van der Waals surface area contributed by atoms with E-state index in [1.165, 1.54) is 0 Å². The van der Waals surface area contributed by atoms with Crippen LogP contribution >= 0.6 is 0 Å². The number of carbonyl (C=O) groups is 1. The van der Waals surface area contributed by atoms with Crippen LogP contribution in [0.3, 0.4) is 0 Å². The Morgan fingerprint density at radius 1 is 1.46 bits per heavy atom. The van der Waals surface area contributed by atoms with Crippen molar-refractivity contribution >= 4 is 5.97 Å². The first-order valence-corrected chi connectivity index (χ1v) is 4.24. The maximum Gasteiger partial charge on any atom is 0.354 e. The van der Waals surface area contributed by atoms with Crippen LogP contribution in [0.2, 0.25) is 0 Å². The summed E-state index contributed by atoms with van der Waals surface area (Å²) in [5.74, 6) is -0.910. The normalized spacial score (nSPS) is 10.8. The van der Waals surface area contributed by atoms with Gasteiger partial charge in [-0.2, -0.15) is 5.10 Å². The summed E-state index contributed by atoms with van der Waals surface area (Å²) in [7, 11) is 0. The lowest BCUT2D eigenvalue weighted by Gasteiger charge is -2.07. The molecule has 1 heterocycles. The molecule has 0 bridgehead atoms. The number of hydrogen-bond donors (Lipinski definition) is 1. The lowest BCUT2D eigenvalue weighted by atomic mass is 10.2. The molecule has 0 aliphatic carbocycles. The monoisotopic (exact) mass is 182 g/mol. The van der Waals surface area contributed by atoms with Crippen molar-refractivity contribution in [2.75, 3.05) is 0 Å². The molecule has 13 heavy (non-hydrogen) atoms. The van der Waals surface area contributed by atoms with Gasteiger partial charge in [0.2, 0.25) is 0 Å². The second-order valence-corrected chi connectivity index (χ2v) is 3.40. The van der Waals surface area contributed by atoms with Gasteiger partial charge in [-0.1, -0.05) is 0 Å². The smallest absolute Gasteiger partial charge is 0.354 e. The number of hydrogen-bond acceptors (Lipinski definition) is 2. The summed E-state index contributed by atoms with van der Waals surface area (Å²) in [6, 6.07) is 0.0819. The van der Waals surface area contributed by atoms with E-state index in [0.29, 0.717) is 5.69 Å². The fraction of sp³-hybridized carbons (Fsp3) is 0.556. The standard InChI is InChI=1S/C9H14N2O2/c1-5(2)11-8(9(12)13)6(3)7(4)10-11/h5H,1-4H3,(H,12,13). The van der Waals surface area contributed by atoms with E-state index < -0.39 is 5.97 Å². The first kappa shape index (κ1) is 9.77. The summed E-state index contributed by atoms with van der Waals surface area (Å²) in [4.78, 5) is 10.9. The number of aryl methyl sites for hydroxylation is 1. The van der Waals surface area contributed by atoms with E-state index in [9.17, 15) is 4.79 Å². The summed E-state index contributed by atoms with van der Waals surface area (Å²) >= 11 is 0. The lowest BCUT2D eigenvalue weighted by molar-refractivity contribution is 0.0680. The summed E-state index contributed by atoms with van der Waals surface area (Å²) in [6.07, 6.45) is 0. The van der Waals surface area contributed by atoms with Crippen molar-refractivity contribution < 1.29 is 9.90 Å². The molecular formula is C9H14N2O2. The van der Waals surface area contributed by atoms with Gasteiger partial charge in [0, 0.05) is 11.6 Å². The molecular weight excluding hydrogens is 168 g/mol. The molecule has 0 atom stereocenters. The van der Waals surface area contributed by atoms with Crippen LogP contribution in [0, 0.1) is 13.8 Å². The van der Waals surface area contributed by atoms with E-state index in [0.717, 1.165) is 11.3 Å². The Morgan fingerprint density at radius 2 is 2.00 bits per heavy atom. The zero-order valence-electron chi connectivity index (χ0n) is 8.33. The molecule has 0 aliphatic heterocycles. The van der Waals surface area contributed by atoms with Gasteiger partial charge in [-0.25, -0.2) is 4.79 Å². The number of aromatic carboxylic acids is 1. The molecule has 0 fully saturated rings. The van der Waals surface area contributed by atoms with Crippen LogP contribution in [0.15, 0.2) is 0 Å². The molecule has 0 saturated heterocycles. The zero-order chi connectivity index (χ0) is 10.2. The van der Waals surface area contributed by atoms with Crippen molar-refractivity contribution in [3.63, 3.8) is 0 Å². The largest absolute Gasteiger partial charge is 0.477 e. The molecule has 1 aromatic heterocycles. The average molecular weight is 182 g/mol. The highest BCUT2D eigenvalue weighted by Crippen LogP contribution is 2.16. The van der Waals surface area contributed by atoms with Crippen LogP contribution in [0.25, 0.3) is 0 Å². The molecule has 0 aromatic carbocycles. The van der Waals surface area contributed by atoms with Gasteiger partial charge >= 0.3 is 5.97 Å². The van der Waals surface area contributed by atoms with Crippen LogP contribution in [-0.2, 0) is 0 Å². The van der Waals surface area contributed by atoms with Gasteiger partial charge in [0.1, 0.15) is 5.69 Å². The fourth-order valence-corrected chi connectivity index (χ4v) is 1.26. The average Bonchev–Trinajstić information content (AvgIpc) is 2.28. The van der Waals surface area contributed by atoms with Crippen molar-refractivity contribution in [3.05, 3.63) is 17.0 Å². The number of carboxylic acids is 1. The van der Waals surface area contributed by atoms with Crippen LogP contribution < -0.4 is 0 Å². The van der Waals surface area contributed by atoms with E-state index >= 15 is 0 Å². The first-order chi connectivity index (χ1) is 5.95. The summed E-state index contributed by atoms with van der Waals surface area (Å²) in [6.45, 7) is 7.43. The number of aromatic nitrogens is 2. The molecule has 0 spiro atoms. The lowest BCUT2D eigenvalue weighted by Crippen LogP contribution is -2.12. The first-order valence-electron chi connectivity index (χ1n) is 4.24. The molecule has 1 aromatic rings. The third-order valence-electron chi connectivity index (χ3n) is 2.08. The van der Waals surface area contributed by atoms with Gasteiger partial charge in [0.05, 0.1) is 5.69 Å². The Labute approximate surface area is 77.2 Å². The molecule has 0 aliphatic rings. The minimum absolute atomic E-state index is 0.0819. The molecule has 0 saturated carbocycles. The quantitative estimate of drug-likeness (QED) is 0.758. The summed E-state index contributed by atoms with van der Waals surface area (Å²) in [5, 5.41) is 13.1. The second kappa shape index (κ2) is 3.20. The zero-order valence-corrected chi connectivity index (χ0v) is 8.33. The van der Waals surface area contributed by atoms with Gasteiger partial charge in [-0.3, -0.25) is 4.68 Å². The SMILES string of the molecule is Cc1nn(C(C)C)c(C(=O)O)c1C. The Morgan fingerprint density at radius 3 is 2.31 bits per heavy atom. The minimum atomic E-state index is -0.910. The van der Waals surface area contributed by atoms with Crippen LogP contribution in [0.5, 0.6) is 0 Å². The van der Waals surface area contributed by atoms with E-state index in [1.807, 2.05) is 20.8 Å². The highest BCUT2D eigenvalue weighted by molar-refractivity contribution is 5.87. The maximum atomic E-state index is 10.9. The third-order valence-corrected chi connectivity index (χ3v) is 2.08. The molecule has 1 N–H and O–H groups in total. The molecule has 0 unspecified atom stereocenters. The van der Waals surface area contributed by atoms with Gasteiger partial charge in [0.25, 0.3) is 0 Å². The molecule has 0 radical (unpaired) electrons. The molecule has 0 amide bonds.